The summed E-state index contributed by atoms with van der Waals surface area (Å²) in [6, 6.07) is 1.82. The summed E-state index contributed by atoms with van der Waals surface area (Å²) in [6.45, 7) is 1.76. The predicted molar refractivity (Wildman–Crippen MR) is 55.7 cm³/mol. The van der Waals surface area contributed by atoms with Gasteiger partial charge in [-0.15, -0.1) is 11.3 Å². The molecular formula is C10H14O3S. The Balaban J connectivity index is 2.55. The molecule has 0 bridgehead atoms. The number of carbonyl (C=O) groups is 1. The zero-order valence-corrected chi connectivity index (χ0v) is 9.13. The van der Waals surface area contributed by atoms with Crippen molar-refractivity contribution in [1.29, 1.82) is 0 Å². The van der Waals surface area contributed by atoms with Crippen LogP contribution in [0.4, 0.5) is 0 Å². The van der Waals surface area contributed by atoms with Crippen molar-refractivity contribution in [3.63, 3.8) is 0 Å². The van der Waals surface area contributed by atoms with Crippen LogP contribution in [0.2, 0.25) is 0 Å². The quantitative estimate of drug-likeness (QED) is 0.778. The van der Waals surface area contributed by atoms with E-state index in [9.17, 15) is 4.79 Å². The summed E-state index contributed by atoms with van der Waals surface area (Å²) < 4.78 is 4.59. The number of rotatable bonds is 4. The van der Waals surface area contributed by atoms with Gasteiger partial charge in [0.05, 0.1) is 18.8 Å². The highest BCUT2D eigenvalue weighted by atomic mass is 32.1. The molecule has 0 saturated carbocycles. The van der Waals surface area contributed by atoms with Gasteiger partial charge in [0.2, 0.25) is 0 Å². The van der Waals surface area contributed by atoms with Crippen LogP contribution < -0.4 is 0 Å². The van der Waals surface area contributed by atoms with Crippen LogP contribution in [0.15, 0.2) is 11.4 Å². The van der Waals surface area contributed by atoms with Crippen molar-refractivity contribution >= 4 is 17.3 Å². The second-order valence-electron chi connectivity index (χ2n) is 3.18. The summed E-state index contributed by atoms with van der Waals surface area (Å²) in [5.74, 6) is -0.301. The fourth-order valence-electron chi connectivity index (χ4n) is 1.09. The molecule has 14 heavy (non-hydrogen) atoms. The molecule has 0 aliphatic carbocycles. The van der Waals surface area contributed by atoms with Crippen LogP contribution in [0.5, 0.6) is 0 Å². The number of aryl methyl sites for hydroxylation is 1. The Bertz CT molecular complexity index is 304. The van der Waals surface area contributed by atoms with Crippen LogP contribution in [0.3, 0.4) is 0 Å². The number of aliphatic hydroxyl groups excluding tert-OH is 1. The van der Waals surface area contributed by atoms with Crippen molar-refractivity contribution in [2.24, 2.45) is 0 Å². The third-order valence-corrected chi connectivity index (χ3v) is 2.88. The average Bonchev–Trinajstić information content (AvgIpc) is 2.62. The number of thiophene rings is 1. The molecule has 1 aromatic heterocycles. The average molecular weight is 214 g/mol. The maximum absolute atomic E-state index is 11.1. The molecule has 1 rings (SSSR count). The van der Waals surface area contributed by atoms with Crippen molar-refractivity contribution in [2.75, 3.05) is 7.11 Å². The fraction of sp³-hybridized carbons (Fsp3) is 0.500. The molecule has 1 heterocycles. The van der Waals surface area contributed by atoms with Crippen molar-refractivity contribution < 1.29 is 14.6 Å². The molecule has 4 heteroatoms. The minimum absolute atomic E-state index is 0.293. The van der Waals surface area contributed by atoms with E-state index in [0.29, 0.717) is 5.56 Å². The maximum Gasteiger partial charge on any atom is 0.338 e. The molecular weight excluding hydrogens is 200 g/mol. The van der Waals surface area contributed by atoms with Gasteiger partial charge in [0.15, 0.2) is 0 Å². The van der Waals surface area contributed by atoms with Crippen molar-refractivity contribution in [1.82, 2.24) is 0 Å². The normalized spacial score (nSPS) is 12.5. The number of hydrogen-bond acceptors (Lipinski definition) is 4. The number of ether oxygens (including phenoxy) is 1. The largest absolute Gasteiger partial charge is 0.465 e. The Morgan fingerprint density at radius 2 is 2.43 bits per heavy atom. The van der Waals surface area contributed by atoms with E-state index in [-0.39, 0.29) is 12.1 Å². The zero-order valence-electron chi connectivity index (χ0n) is 8.32. The summed E-state index contributed by atoms with van der Waals surface area (Å²) >= 11 is 1.52. The molecule has 0 aliphatic heterocycles. The smallest absolute Gasteiger partial charge is 0.338 e. The van der Waals surface area contributed by atoms with Gasteiger partial charge in [0.1, 0.15) is 0 Å². The molecule has 3 nitrogen and oxygen atoms in total. The molecule has 1 N–H and O–H groups in total. The van der Waals surface area contributed by atoms with E-state index < -0.39 is 0 Å². The highest BCUT2D eigenvalue weighted by Gasteiger charge is 2.08. The number of esters is 1. The SMILES string of the molecule is COC(=O)c1csc(CC[C@@H](C)O)c1. The Kier molecular flexibility index (Phi) is 4.10. The minimum atomic E-state index is -0.301. The Hall–Kier alpha value is -0.870. The van der Waals surface area contributed by atoms with E-state index in [1.165, 1.54) is 18.4 Å². The highest BCUT2D eigenvalue weighted by molar-refractivity contribution is 7.10. The molecule has 0 radical (unpaired) electrons. The van der Waals surface area contributed by atoms with E-state index >= 15 is 0 Å². The van der Waals surface area contributed by atoms with Gasteiger partial charge >= 0.3 is 5.97 Å². The first-order chi connectivity index (χ1) is 6.63. The lowest BCUT2D eigenvalue weighted by Crippen LogP contribution is -2.01. The number of methoxy groups -OCH3 is 1. The van der Waals surface area contributed by atoms with Crippen LogP contribution in [-0.4, -0.2) is 24.3 Å². The molecule has 0 saturated heterocycles. The topological polar surface area (TPSA) is 46.5 Å². The second kappa shape index (κ2) is 5.12. The van der Waals surface area contributed by atoms with E-state index in [2.05, 4.69) is 4.74 Å². The first-order valence-corrected chi connectivity index (χ1v) is 5.35. The monoisotopic (exact) mass is 214 g/mol. The minimum Gasteiger partial charge on any atom is -0.465 e. The first kappa shape index (κ1) is 11.2. The highest BCUT2D eigenvalue weighted by Crippen LogP contribution is 2.17. The van der Waals surface area contributed by atoms with Gasteiger partial charge in [-0.3, -0.25) is 0 Å². The van der Waals surface area contributed by atoms with E-state index in [1.807, 2.05) is 6.07 Å². The second-order valence-corrected chi connectivity index (χ2v) is 4.18. The van der Waals surface area contributed by atoms with E-state index in [0.717, 1.165) is 17.7 Å². The molecule has 0 unspecified atom stereocenters. The summed E-state index contributed by atoms with van der Waals surface area (Å²) in [6.07, 6.45) is 1.24. The summed E-state index contributed by atoms with van der Waals surface area (Å²) in [5, 5.41) is 10.9. The van der Waals surface area contributed by atoms with Crippen molar-refractivity contribution in [2.45, 2.75) is 25.9 Å². The fourth-order valence-corrected chi connectivity index (χ4v) is 1.96. The van der Waals surface area contributed by atoms with Crippen molar-refractivity contribution in [3.8, 4) is 0 Å². The molecule has 0 aliphatic rings. The van der Waals surface area contributed by atoms with E-state index in [1.54, 1.807) is 12.3 Å². The van der Waals surface area contributed by atoms with E-state index in [4.69, 9.17) is 5.11 Å². The summed E-state index contributed by atoms with van der Waals surface area (Å²) in [5.41, 5.74) is 0.595. The van der Waals surface area contributed by atoms with Crippen LogP contribution in [0, 0.1) is 0 Å². The van der Waals surface area contributed by atoms with Gasteiger partial charge in [0, 0.05) is 10.3 Å². The number of hydrogen-bond donors (Lipinski definition) is 1. The molecule has 0 spiro atoms. The Labute approximate surface area is 87.3 Å². The number of carbonyl (C=O) groups excluding carboxylic acids is 1. The Morgan fingerprint density at radius 1 is 1.71 bits per heavy atom. The lowest BCUT2D eigenvalue weighted by Gasteiger charge is -2.00. The molecule has 1 aromatic rings. The van der Waals surface area contributed by atoms with Crippen LogP contribution in [0.1, 0.15) is 28.6 Å². The standard InChI is InChI=1S/C10H14O3S/c1-7(11)3-4-9-5-8(6-14-9)10(12)13-2/h5-7,11H,3-4H2,1-2H3/t7-/m1/s1. The van der Waals surface area contributed by atoms with Gasteiger partial charge in [-0.05, 0) is 25.8 Å². The molecule has 0 fully saturated rings. The molecule has 78 valence electrons. The van der Waals surface area contributed by atoms with Gasteiger partial charge in [-0.1, -0.05) is 0 Å². The summed E-state index contributed by atoms with van der Waals surface area (Å²) in [4.78, 5) is 12.2. The van der Waals surface area contributed by atoms with Crippen molar-refractivity contribution in [3.05, 3.63) is 21.9 Å². The molecule has 0 amide bonds. The van der Waals surface area contributed by atoms with Gasteiger partial charge in [-0.25, -0.2) is 4.79 Å². The lowest BCUT2D eigenvalue weighted by molar-refractivity contribution is 0.0601. The predicted octanol–water partition coefficient (Wildman–Crippen LogP) is 1.85. The van der Waals surface area contributed by atoms with Gasteiger partial charge in [0.25, 0.3) is 0 Å². The first-order valence-electron chi connectivity index (χ1n) is 4.47. The van der Waals surface area contributed by atoms with Crippen LogP contribution in [0.25, 0.3) is 0 Å². The molecule has 1 atom stereocenters. The third kappa shape index (κ3) is 3.12. The lowest BCUT2D eigenvalue weighted by atomic mass is 10.2. The molecule has 0 aromatic carbocycles. The van der Waals surface area contributed by atoms with Crippen LogP contribution >= 0.6 is 11.3 Å². The van der Waals surface area contributed by atoms with Gasteiger partial charge in [-0.2, -0.15) is 0 Å². The maximum atomic E-state index is 11.1. The number of aliphatic hydroxyl groups is 1. The third-order valence-electron chi connectivity index (χ3n) is 1.88. The summed E-state index contributed by atoms with van der Waals surface area (Å²) in [7, 11) is 1.37. The Morgan fingerprint density at radius 3 is 3.00 bits per heavy atom. The zero-order chi connectivity index (χ0) is 10.6. The van der Waals surface area contributed by atoms with Crippen LogP contribution in [-0.2, 0) is 11.2 Å². The van der Waals surface area contributed by atoms with Gasteiger partial charge < -0.3 is 9.84 Å².